The molecule has 0 radical (unpaired) electrons. The molecule has 1 aliphatic heterocycles. The number of piperazine rings is 1. The standard InChI is InChI=1S/C15H21N5OS/c1-4-21-14-9-13(16-10-17-14)19-5-7-20(8-6-19)15-18-11(2)12(3)22-15/h9-10H,4-8H2,1-3H3. The van der Waals surface area contributed by atoms with Gasteiger partial charge in [0.2, 0.25) is 5.88 Å². The number of rotatable bonds is 4. The molecule has 1 aliphatic rings. The topological polar surface area (TPSA) is 54.4 Å². The molecule has 3 heterocycles. The molecule has 1 fully saturated rings. The van der Waals surface area contributed by atoms with Crippen molar-refractivity contribution in [1.82, 2.24) is 15.0 Å². The first kappa shape index (κ1) is 15.0. The Bertz CT molecular complexity index is 617. The molecule has 1 saturated heterocycles. The number of thiazole rings is 1. The van der Waals surface area contributed by atoms with E-state index in [0.29, 0.717) is 12.5 Å². The van der Waals surface area contributed by atoms with Crippen molar-refractivity contribution in [3.05, 3.63) is 23.0 Å². The lowest BCUT2D eigenvalue weighted by Gasteiger charge is -2.35. The van der Waals surface area contributed by atoms with Crippen LogP contribution in [0.4, 0.5) is 10.9 Å². The Labute approximate surface area is 134 Å². The first-order valence-corrected chi connectivity index (χ1v) is 8.37. The molecule has 3 rings (SSSR count). The van der Waals surface area contributed by atoms with E-state index < -0.39 is 0 Å². The Balaban J connectivity index is 1.65. The van der Waals surface area contributed by atoms with Crippen LogP contribution in [0.2, 0.25) is 0 Å². The number of anilines is 2. The summed E-state index contributed by atoms with van der Waals surface area (Å²) in [6.45, 7) is 10.6. The summed E-state index contributed by atoms with van der Waals surface area (Å²) >= 11 is 1.78. The lowest BCUT2D eigenvalue weighted by atomic mass is 10.3. The van der Waals surface area contributed by atoms with Crippen LogP contribution in [0.25, 0.3) is 0 Å². The summed E-state index contributed by atoms with van der Waals surface area (Å²) in [4.78, 5) is 19.1. The third-order valence-electron chi connectivity index (χ3n) is 3.81. The van der Waals surface area contributed by atoms with E-state index in [-0.39, 0.29) is 0 Å². The number of ether oxygens (including phenoxy) is 1. The molecule has 0 spiro atoms. The van der Waals surface area contributed by atoms with Crippen molar-refractivity contribution in [2.75, 3.05) is 42.6 Å². The summed E-state index contributed by atoms with van der Waals surface area (Å²) in [5.74, 6) is 1.57. The molecule has 0 N–H and O–H groups in total. The fourth-order valence-electron chi connectivity index (χ4n) is 2.45. The molecular formula is C15H21N5OS. The van der Waals surface area contributed by atoms with Crippen molar-refractivity contribution < 1.29 is 4.74 Å². The summed E-state index contributed by atoms with van der Waals surface area (Å²) in [6.07, 6.45) is 1.57. The first-order chi connectivity index (χ1) is 10.7. The van der Waals surface area contributed by atoms with E-state index in [0.717, 1.165) is 42.8 Å². The Kier molecular flexibility index (Phi) is 4.42. The third-order valence-corrected chi connectivity index (χ3v) is 4.94. The fourth-order valence-corrected chi connectivity index (χ4v) is 3.41. The van der Waals surface area contributed by atoms with Gasteiger partial charge in [0.25, 0.3) is 0 Å². The van der Waals surface area contributed by atoms with Gasteiger partial charge in [-0.05, 0) is 20.8 Å². The SMILES string of the molecule is CCOc1cc(N2CCN(c3nc(C)c(C)s3)CC2)ncn1. The number of aryl methyl sites for hydroxylation is 2. The maximum absolute atomic E-state index is 5.45. The van der Waals surface area contributed by atoms with Crippen LogP contribution < -0.4 is 14.5 Å². The number of hydrogen-bond acceptors (Lipinski definition) is 7. The molecule has 6 nitrogen and oxygen atoms in total. The van der Waals surface area contributed by atoms with Gasteiger partial charge in [-0.3, -0.25) is 0 Å². The van der Waals surface area contributed by atoms with Gasteiger partial charge in [-0.25, -0.2) is 15.0 Å². The molecule has 0 amide bonds. The zero-order valence-electron chi connectivity index (χ0n) is 13.2. The predicted octanol–water partition coefficient (Wildman–Crippen LogP) is 2.28. The molecule has 0 aromatic carbocycles. The van der Waals surface area contributed by atoms with Gasteiger partial charge in [0.1, 0.15) is 12.1 Å². The Morgan fingerprint density at radius 1 is 1.14 bits per heavy atom. The summed E-state index contributed by atoms with van der Waals surface area (Å²) < 4.78 is 5.45. The minimum atomic E-state index is 0.618. The molecule has 2 aromatic rings. The molecule has 22 heavy (non-hydrogen) atoms. The highest BCUT2D eigenvalue weighted by atomic mass is 32.1. The molecule has 118 valence electrons. The lowest BCUT2D eigenvalue weighted by Crippen LogP contribution is -2.46. The second-order valence-electron chi connectivity index (χ2n) is 5.26. The van der Waals surface area contributed by atoms with E-state index in [1.54, 1.807) is 17.7 Å². The van der Waals surface area contributed by atoms with Crippen LogP contribution in [0, 0.1) is 13.8 Å². The zero-order valence-corrected chi connectivity index (χ0v) is 14.1. The van der Waals surface area contributed by atoms with Gasteiger partial charge in [0.15, 0.2) is 5.13 Å². The van der Waals surface area contributed by atoms with Crippen molar-refractivity contribution in [2.45, 2.75) is 20.8 Å². The van der Waals surface area contributed by atoms with Gasteiger partial charge in [0, 0.05) is 37.1 Å². The number of nitrogens with zero attached hydrogens (tertiary/aromatic N) is 5. The van der Waals surface area contributed by atoms with E-state index in [1.807, 2.05) is 13.0 Å². The van der Waals surface area contributed by atoms with Crippen molar-refractivity contribution in [3.8, 4) is 5.88 Å². The van der Waals surface area contributed by atoms with Crippen LogP contribution in [0.1, 0.15) is 17.5 Å². The average Bonchev–Trinajstić information content (AvgIpc) is 2.88. The molecule has 0 atom stereocenters. The first-order valence-electron chi connectivity index (χ1n) is 7.56. The van der Waals surface area contributed by atoms with Gasteiger partial charge >= 0.3 is 0 Å². The highest BCUT2D eigenvalue weighted by molar-refractivity contribution is 7.15. The van der Waals surface area contributed by atoms with Crippen LogP contribution >= 0.6 is 11.3 Å². The van der Waals surface area contributed by atoms with Crippen molar-refractivity contribution in [2.24, 2.45) is 0 Å². The van der Waals surface area contributed by atoms with Crippen LogP contribution in [-0.2, 0) is 0 Å². The van der Waals surface area contributed by atoms with Crippen LogP contribution in [0.3, 0.4) is 0 Å². The van der Waals surface area contributed by atoms with E-state index in [9.17, 15) is 0 Å². The van der Waals surface area contributed by atoms with E-state index >= 15 is 0 Å². The predicted molar refractivity (Wildman–Crippen MR) is 89.2 cm³/mol. The van der Waals surface area contributed by atoms with Gasteiger partial charge in [0.05, 0.1) is 12.3 Å². The monoisotopic (exact) mass is 319 g/mol. The van der Waals surface area contributed by atoms with E-state index in [1.165, 1.54) is 4.88 Å². The maximum Gasteiger partial charge on any atom is 0.218 e. The normalized spacial score (nSPS) is 15.2. The van der Waals surface area contributed by atoms with Crippen molar-refractivity contribution in [3.63, 3.8) is 0 Å². The quantitative estimate of drug-likeness (QED) is 0.862. The molecule has 0 unspecified atom stereocenters. The maximum atomic E-state index is 5.45. The Morgan fingerprint density at radius 3 is 2.50 bits per heavy atom. The summed E-state index contributed by atoms with van der Waals surface area (Å²) in [7, 11) is 0. The highest BCUT2D eigenvalue weighted by Gasteiger charge is 2.21. The molecule has 0 saturated carbocycles. The molecular weight excluding hydrogens is 298 g/mol. The van der Waals surface area contributed by atoms with E-state index in [4.69, 9.17) is 4.74 Å². The van der Waals surface area contributed by atoms with Gasteiger partial charge < -0.3 is 14.5 Å². The zero-order chi connectivity index (χ0) is 15.5. The number of aromatic nitrogens is 3. The lowest BCUT2D eigenvalue weighted by molar-refractivity contribution is 0.326. The van der Waals surface area contributed by atoms with Gasteiger partial charge in [-0.1, -0.05) is 0 Å². The van der Waals surface area contributed by atoms with Gasteiger partial charge in [-0.15, -0.1) is 11.3 Å². The second-order valence-corrected chi connectivity index (χ2v) is 6.44. The fraction of sp³-hybridized carbons (Fsp3) is 0.533. The minimum absolute atomic E-state index is 0.618. The molecule has 0 aliphatic carbocycles. The molecule has 2 aromatic heterocycles. The average molecular weight is 319 g/mol. The van der Waals surface area contributed by atoms with Crippen LogP contribution in [0.5, 0.6) is 5.88 Å². The van der Waals surface area contributed by atoms with Crippen molar-refractivity contribution >= 4 is 22.3 Å². The van der Waals surface area contributed by atoms with Crippen LogP contribution in [-0.4, -0.2) is 47.7 Å². The summed E-state index contributed by atoms with van der Waals surface area (Å²) in [5.41, 5.74) is 1.14. The second kappa shape index (κ2) is 6.48. The number of hydrogen-bond donors (Lipinski definition) is 0. The van der Waals surface area contributed by atoms with Gasteiger partial charge in [-0.2, -0.15) is 0 Å². The highest BCUT2D eigenvalue weighted by Crippen LogP contribution is 2.27. The molecule has 0 bridgehead atoms. The third kappa shape index (κ3) is 3.14. The Morgan fingerprint density at radius 2 is 1.86 bits per heavy atom. The minimum Gasteiger partial charge on any atom is -0.478 e. The van der Waals surface area contributed by atoms with E-state index in [2.05, 4.69) is 38.6 Å². The Hall–Kier alpha value is -1.89. The summed E-state index contributed by atoms with van der Waals surface area (Å²) in [5, 5.41) is 1.13. The van der Waals surface area contributed by atoms with Crippen molar-refractivity contribution in [1.29, 1.82) is 0 Å². The summed E-state index contributed by atoms with van der Waals surface area (Å²) in [6, 6.07) is 1.91. The largest absolute Gasteiger partial charge is 0.478 e. The van der Waals surface area contributed by atoms with Crippen LogP contribution in [0.15, 0.2) is 12.4 Å². The smallest absolute Gasteiger partial charge is 0.218 e. The molecule has 7 heteroatoms.